The molecule has 0 radical (unpaired) electrons. The quantitative estimate of drug-likeness (QED) is 0.379. The number of carbonyl (C=O) groups excluding carboxylic acids is 3. The number of piperazine rings is 1. The summed E-state index contributed by atoms with van der Waals surface area (Å²) in [5, 5.41) is 14.1. The minimum atomic E-state index is -0.915. The molecule has 10 nitrogen and oxygen atoms in total. The Morgan fingerprint density at radius 2 is 1.74 bits per heavy atom. The molecule has 2 fully saturated rings. The van der Waals surface area contributed by atoms with Crippen molar-refractivity contribution in [2.24, 2.45) is 0 Å². The van der Waals surface area contributed by atoms with Crippen molar-refractivity contribution in [1.82, 2.24) is 10.2 Å². The van der Waals surface area contributed by atoms with Gasteiger partial charge in [0, 0.05) is 44.0 Å². The van der Waals surface area contributed by atoms with Crippen LogP contribution in [0.2, 0.25) is 0 Å². The lowest BCUT2D eigenvalue weighted by Crippen LogP contribution is -2.49. The number of carboxylic acid groups (broad SMARTS) is 1. The van der Waals surface area contributed by atoms with Crippen molar-refractivity contribution in [3.8, 4) is 0 Å². The van der Waals surface area contributed by atoms with Gasteiger partial charge in [0.15, 0.2) is 0 Å². The zero-order valence-corrected chi connectivity index (χ0v) is 17.3. The number of ether oxygens (including phenoxy) is 1. The average Bonchev–Trinajstić information content (AvgIpc) is 2.76. The predicted octanol–water partition coefficient (Wildman–Crippen LogP) is 0.434. The number of hydrogen-bond donors (Lipinski definition) is 3. The molecule has 1 aromatic rings. The summed E-state index contributed by atoms with van der Waals surface area (Å²) in [4.78, 5) is 49.8. The largest absolute Gasteiger partial charge is 0.481 e. The molecular formula is C21H28N4O6. The highest BCUT2D eigenvalue weighted by Crippen LogP contribution is 2.21. The number of piperidine rings is 1. The molecule has 0 aromatic heterocycles. The molecule has 10 heteroatoms. The van der Waals surface area contributed by atoms with E-state index >= 15 is 0 Å². The van der Waals surface area contributed by atoms with E-state index < -0.39 is 12.0 Å². The minimum absolute atomic E-state index is 0.0127. The van der Waals surface area contributed by atoms with Crippen LogP contribution in [0.4, 0.5) is 11.4 Å². The SMILES string of the molecule is O=C(O)CCOCCC(=O)N1CCN(c2ccc(NC3CCC(=O)NC3=O)cc2)CC1. The number of hydrogen-bond acceptors (Lipinski definition) is 7. The molecule has 1 aromatic carbocycles. The lowest BCUT2D eigenvalue weighted by atomic mass is 10.1. The standard InChI is InChI=1S/C21H28N4O6/c26-18-6-5-17(21(30)23-18)22-15-1-3-16(4-2-15)24-9-11-25(12-10-24)19(27)7-13-31-14-8-20(28)29/h1-4,17,22H,5-14H2,(H,28,29)(H,23,26,30). The number of amides is 3. The number of rotatable bonds is 9. The molecule has 1 atom stereocenters. The monoisotopic (exact) mass is 432 g/mol. The average molecular weight is 432 g/mol. The first-order valence-electron chi connectivity index (χ1n) is 10.4. The van der Waals surface area contributed by atoms with E-state index in [0.717, 1.165) is 11.4 Å². The van der Waals surface area contributed by atoms with Crippen LogP contribution in [0.3, 0.4) is 0 Å². The maximum absolute atomic E-state index is 12.3. The fourth-order valence-corrected chi connectivity index (χ4v) is 3.59. The summed E-state index contributed by atoms with van der Waals surface area (Å²) < 4.78 is 5.19. The maximum Gasteiger partial charge on any atom is 0.305 e. The number of carboxylic acids is 1. The molecule has 3 N–H and O–H groups in total. The Balaban J connectivity index is 1.40. The second-order valence-electron chi connectivity index (χ2n) is 7.57. The number of carbonyl (C=O) groups is 4. The first kappa shape index (κ1) is 22.5. The van der Waals surface area contributed by atoms with Crippen molar-refractivity contribution in [1.29, 1.82) is 0 Å². The Bertz CT molecular complexity index is 805. The topological polar surface area (TPSA) is 128 Å². The van der Waals surface area contributed by atoms with Gasteiger partial charge in [-0.25, -0.2) is 0 Å². The fraction of sp³-hybridized carbons (Fsp3) is 0.524. The molecule has 0 spiro atoms. The van der Waals surface area contributed by atoms with Gasteiger partial charge in [0.25, 0.3) is 0 Å². The van der Waals surface area contributed by atoms with Gasteiger partial charge in [-0.2, -0.15) is 0 Å². The molecule has 3 rings (SSSR count). The predicted molar refractivity (Wildman–Crippen MR) is 113 cm³/mol. The second kappa shape index (κ2) is 10.8. The third kappa shape index (κ3) is 6.68. The van der Waals surface area contributed by atoms with E-state index in [1.54, 1.807) is 4.90 Å². The van der Waals surface area contributed by atoms with Crippen molar-refractivity contribution >= 4 is 35.1 Å². The van der Waals surface area contributed by atoms with Gasteiger partial charge in [-0.3, -0.25) is 24.5 Å². The number of aliphatic carboxylic acids is 1. The molecule has 2 saturated heterocycles. The summed E-state index contributed by atoms with van der Waals surface area (Å²) in [5.74, 6) is -1.43. The molecule has 2 aliphatic rings. The third-order valence-corrected chi connectivity index (χ3v) is 5.37. The van der Waals surface area contributed by atoms with Gasteiger partial charge in [0.2, 0.25) is 17.7 Å². The summed E-state index contributed by atoms with van der Waals surface area (Å²) in [6, 6.07) is 7.35. The van der Waals surface area contributed by atoms with E-state index in [0.29, 0.717) is 39.0 Å². The third-order valence-electron chi connectivity index (χ3n) is 5.37. The molecule has 31 heavy (non-hydrogen) atoms. The highest BCUT2D eigenvalue weighted by Gasteiger charge is 2.26. The van der Waals surface area contributed by atoms with Crippen molar-refractivity contribution < 1.29 is 29.0 Å². The molecule has 2 aliphatic heterocycles. The van der Waals surface area contributed by atoms with Crippen LogP contribution >= 0.6 is 0 Å². The van der Waals surface area contributed by atoms with Gasteiger partial charge < -0.3 is 25.0 Å². The Labute approximate surface area is 180 Å². The Morgan fingerprint density at radius 3 is 2.39 bits per heavy atom. The number of benzene rings is 1. The highest BCUT2D eigenvalue weighted by atomic mass is 16.5. The van der Waals surface area contributed by atoms with Crippen LogP contribution in [0.25, 0.3) is 0 Å². The minimum Gasteiger partial charge on any atom is -0.481 e. The maximum atomic E-state index is 12.3. The van der Waals surface area contributed by atoms with Crippen LogP contribution < -0.4 is 15.5 Å². The lowest BCUT2D eigenvalue weighted by Gasteiger charge is -2.36. The van der Waals surface area contributed by atoms with Crippen molar-refractivity contribution in [2.45, 2.75) is 31.7 Å². The second-order valence-corrected chi connectivity index (χ2v) is 7.57. The number of anilines is 2. The van der Waals surface area contributed by atoms with Gasteiger partial charge in [0.05, 0.1) is 26.1 Å². The molecular weight excluding hydrogens is 404 g/mol. The normalized spacial score (nSPS) is 19.2. The molecule has 1 unspecified atom stereocenters. The number of imide groups is 1. The van der Waals surface area contributed by atoms with Crippen LogP contribution in [0.5, 0.6) is 0 Å². The summed E-state index contributed by atoms with van der Waals surface area (Å²) in [6.45, 7) is 3.00. The molecule has 3 amide bonds. The highest BCUT2D eigenvalue weighted by molar-refractivity contribution is 6.01. The van der Waals surface area contributed by atoms with Crippen LogP contribution in [-0.2, 0) is 23.9 Å². The first-order chi connectivity index (χ1) is 14.9. The van der Waals surface area contributed by atoms with Crippen molar-refractivity contribution in [3.05, 3.63) is 24.3 Å². The molecule has 0 saturated carbocycles. The Hall–Kier alpha value is -3.14. The summed E-state index contributed by atoms with van der Waals surface area (Å²) in [6.07, 6.45) is 1.00. The van der Waals surface area contributed by atoms with E-state index in [2.05, 4.69) is 15.5 Å². The van der Waals surface area contributed by atoms with E-state index in [9.17, 15) is 19.2 Å². The summed E-state index contributed by atoms with van der Waals surface area (Å²) in [7, 11) is 0. The zero-order valence-electron chi connectivity index (χ0n) is 17.3. The first-order valence-corrected chi connectivity index (χ1v) is 10.4. The van der Waals surface area contributed by atoms with Crippen LogP contribution in [0.1, 0.15) is 25.7 Å². The van der Waals surface area contributed by atoms with Crippen molar-refractivity contribution in [3.63, 3.8) is 0 Å². The van der Waals surface area contributed by atoms with E-state index in [1.165, 1.54) is 0 Å². The molecule has 0 aliphatic carbocycles. The molecule has 168 valence electrons. The van der Waals surface area contributed by atoms with Gasteiger partial charge >= 0.3 is 5.97 Å². The summed E-state index contributed by atoms with van der Waals surface area (Å²) >= 11 is 0. The smallest absolute Gasteiger partial charge is 0.305 e. The van der Waals surface area contributed by atoms with E-state index in [4.69, 9.17) is 9.84 Å². The fourth-order valence-electron chi connectivity index (χ4n) is 3.59. The summed E-state index contributed by atoms with van der Waals surface area (Å²) in [5.41, 5.74) is 1.85. The molecule has 2 heterocycles. The van der Waals surface area contributed by atoms with Gasteiger partial charge in [-0.05, 0) is 30.7 Å². The Morgan fingerprint density at radius 1 is 1.06 bits per heavy atom. The van der Waals surface area contributed by atoms with Gasteiger partial charge in [-0.1, -0.05) is 0 Å². The number of nitrogens with one attached hydrogen (secondary N) is 2. The lowest BCUT2D eigenvalue weighted by molar-refractivity contribution is -0.138. The van der Waals surface area contributed by atoms with Gasteiger partial charge in [-0.15, -0.1) is 0 Å². The van der Waals surface area contributed by atoms with E-state index in [-0.39, 0.29) is 43.8 Å². The number of nitrogens with zero attached hydrogens (tertiary/aromatic N) is 2. The van der Waals surface area contributed by atoms with Gasteiger partial charge in [0.1, 0.15) is 6.04 Å². The molecule has 0 bridgehead atoms. The zero-order chi connectivity index (χ0) is 22.2. The van der Waals surface area contributed by atoms with Crippen LogP contribution in [-0.4, -0.2) is 79.1 Å². The van der Waals surface area contributed by atoms with E-state index in [1.807, 2.05) is 24.3 Å². The Kier molecular flexibility index (Phi) is 7.82. The van der Waals surface area contributed by atoms with Crippen LogP contribution in [0, 0.1) is 0 Å². The van der Waals surface area contributed by atoms with Crippen molar-refractivity contribution in [2.75, 3.05) is 49.6 Å². The van der Waals surface area contributed by atoms with Crippen LogP contribution in [0.15, 0.2) is 24.3 Å².